The number of benzene rings is 2. The Labute approximate surface area is 200 Å². The highest BCUT2D eigenvalue weighted by Crippen LogP contribution is 2.41. The number of hydrogen-bond acceptors (Lipinski definition) is 3. The average molecular weight is 476 g/mol. The molecule has 2 aromatic carbocycles. The fraction of sp³-hybridized carbons (Fsp3) is 0.500. The second-order valence-corrected chi connectivity index (χ2v) is 9.69. The number of piperidine rings is 1. The molecule has 0 N–H and O–H groups in total. The van der Waals surface area contributed by atoms with Gasteiger partial charge in [-0.25, -0.2) is 0 Å². The third-order valence-corrected chi connectivity index (χ3v) is 7.40. The molecule has 2 saturated heterocycles. The molecule has 2 heterocycles. The Balaban J connectivity index is 1.50. The Bertz CT molecular complexity index is 901. The van der Waals surface area contributed by atoms with Gasteiger partial charge in [0.2, 0.25) is 0 Å². The highest BCUT2D eigenvalue weighted by molar-refractivity contribution is 6.42. The summed E-state index contributed by atoms with van der Waals surface area (Å²) in [6.07, 6.45) is 6.93. The molecule has 0 aliphatic carbocycles. The van der Waals surface area contributed by atoms with Crippen molar-refractivity contribution in [1.29, 1.82) is 0 Å². The zero-order chi connectivity index (χ0) is 22.4. The van der Waals surface area contributed by atoms with Crippen molar-refractivity contribution in [2.45, 2.75) is 56.7 Å². The van der Waals surface area contributed by atoms with E-state index >= 15 is 0 Å². The number of hydrogen-bond donors (Lipinski definition) is 0. The van der Waals surface area contributed by atoms with Gasteiger partial charge in [-0.3, -0.25) is 4.79 Å². The van der Waals surface area contributed by atoms with Crippen LogP contribution in [0.4, 0.5) is 0 Å². The predicted octanol–water partition coefficient (Wildman–Crippen LogP) is 6.49. The minimum Gasteiger partial charge on any atom is -0.353 e. The monoisotopic (exact) mass is 475 g/mol. The van der Waals surface area contributed by atoms with Crippen molar-refractivity contribution in [2.24, 2.45) is 0 Å². The molecule has 32 heavy (non-hydrogen) atoms. The van der Waals surface area contributed by atoms with Crippen molar-refractivity contribution in [3.8, 4) is 0 Å². The fourth-order valence-corrected chi connectivity index (χ4v) is 5.24. The van der Waals surface area contributed by atoms with Gasteiger partial charge in [-0.1, -0.05) is 47.5 Å². The summed E-state index contributed by atoms with van der Waals surface area (Å²) in [6.45, 7) is 2.87. The zero-order valence-corrected chi connectivity index (χ0v) is 19.9. The molecule has 2 unspecified atom stereocenters. The second-order valence-electron chi connectivity index (χ2n) is 8.88. The van der Waals surface area contributed by atoms with Crippen LogP contribution in [0.5, 0.6) is 0 Å². The van der Waals surface area contributed by atoms with Gasteiger partial charge >= 0.3 is 0 Å². The number of nitrogens with zero attached hydrogens (tertiary/aromatic N) is 1. The molecule has 2 aliphatic heterocycles. The molecule has 0 spiro atoms. The maximum absolute atomic E-state index is 13.2. The van der Waals surface area contributed by atoms with Crippen LogP contribution in [0.3, 0.4) is 0 Å². The third-order valence-electron chi connectivity index (χ3n) is 6.66. The average Bonchev–Trinajstić information content (AvgIpc) is 2.84. The van der Waals surface area contributed by atoms with Gasteiger partial charge in [-0.2, -0.15) is 0 Å². The van der Waals surface area contributed by atoms with E-state index in [1.165, 1.54) is 0 Å². The highest BCUT2D eigenvalue weighted by atomic mass is 35.5. The van der Waals surface area contributed by atoms with Crippen molar-refractivity contribution in [1.82, 2.24) is 4.90 Å². The largest absolute Gasteiger partial charge is 0.353 e. The SMILES string of the molecule is O=C(c1ccccc1)N1CCCC(CCCOC2CCCCO2)(c2ccc(Cl)c(Cl)c2)C1. The van der Waals surface area contributed by atoms with Crippen LogP contribution in [0.2, 0.25) is 10.0 Å². The summed E-state index contributed by atoms with van der Waals surface area (Å²) in [5.41, 5.74) is 1.70. The van der Waals surface area contributed by atoms with Crippen LogP contribution in [-0.2, 0) is 14.9 Å². The van der Waals surface area contributed by atoms with Crippen molar-refractivity contribution in [3.63, 3.8) is 0 Å². The first kappa shape index (κ1) is 23.6. The van der Waals surface area contributed by atoms with Gasteiger partial charge in [-0.05, 0) is 74.8 Å². The van der Waals surface area contributed by atoms with Crippen molar-refractivity contribution < 1.29 is 14.3 Å². The molecule has 6 heteroatoms. The number of rotatable bonds is 7. The van der Waals surface area contributed by atoms with Gasteiger partial charge in [0.25, 0.3) is 5.91 Å². The minimum absolute atomic E-state index is 0.0767. The van der Waals surface area contributed by atoms with E-state index in [9.17, 15) is 4.79 Å². The molecule has 0 radical (unpaired) electrons. The lowest BCUT2D eigenvalue weighted by atomic mass is 9.71. The summed E-state index contributed by atoms with van der Waals surface area (Å²) in [5.74, 6) is 0.0848. The topological polar surface area (TPSA) is 38.8 Å². The number of ether oxygens (including phenoxy) is 2. The molecule has 0 bridgehead atoms. The smallest absolute Gasteiger partial charge is 0.253 e. The second kappa shape index (κ2) is 11.0. The van der Waals surface area contributed by atoms with E-state index < -0.39 is 0 Å². The Hall–Kier alpha value is -1.59. The van der Waals surface area contributed by atoms with E-state index in [0.717, 1.165) is 69.2 Å². The maximum atomic E-state index is 13.2. The van der Waals surface area contributed by atoms with Gasteiger partial charge in [-0.15, -0.1) is 0 Å². The summed E-state index contributed by atoms with van der Waals surface area (Å²) < 4.78 is 11.7. The van der Waals surface area contributed by atoms with Gasteiger partial charge in [0.1, 0.15) is 0 Å². The van der Waals surface area contributed by atoms with Crippen LogP contribution < -0.4 is 0 Å². The summed E-state index contributed by atoms with van der Waals surface area (Å²) in [6, 6.07) is 15.4. The standard InChI is InChI=1S/C26H31Cl2NO3/c27-22-12-11-21(18-23(22)28)26(14-7-17-32-24-10-4-5-16-31-24)13-6-15-29(19-26)25(30)20-8-2-1-3-9-20/h1-3,8-9,11-12,18,24H,4-7,10,13-17,19H2. The summed E-state index contributed by atoms with van der Waals surface area (Å²) in [7, 11) is 0. The number of halogens is 2. The van der Waals surface area contributed by atoms with Crippen molar-refractivity contribution in [3.05, 3.63) is 69.7 Å². The molecular formula is C26H31Cl2NO3. The molecule has 0 saturated carbocycles. The zero-order valence-electron chi connectivity index (χ0n) is 18.4. The van der Waals surface area contributed by atoms with Crippen LogP contribution in [-0.4, -0.2) is 43.4 Å². The van der Waals surface area contributed by atoms with Crippen LogP contribution in [0, 0.1) is 0 Å². The third kappa shape index (κ3) is 5.66. The van der Waals surface area contributed by atoms with E-state index in [1.807, 2.05) is 47.4 Å². The number of carbonyl (C=O) groups is 1. The van der Waals surface area contributed by atoms with E-state index in [-0.39, 0.29) is 17.6 Å². The lowest BCUT2D eigenvalue weighted by molar-refractivity contribution is -0.163. The van der Waals surface area contributed by atoms with E-state index in [2.05, 4.69) is 6.07 Å². The summed E-state index contributed by atoms with van der Waals surface area (Å²) in [5, 5.41) is 1.11. The molecule has 4 rings (SSSR count). The van der Waals surface area contributed by atoms with Gasteiger partial charge in [0.15, 0.2) is 6.29 Å². The number of amides is 1. The van der Waals surface area contributed by atoms with E-state index in [4.69, 9.17) is 32.7 Å². The Morgan fingerprint density at radius 3 is 2.69 bits per heavy atom. The molecule has 172 valence electrons. The fourth-order valence-electron chi connectivity index (χ4n) is 4.95. The molecule has 2 aliphatic rings. The lowest BCUT2D eigenvalue weighted by Crippen LogP contribution is -2.48. The number of carbonyl (C=O) groups excluding carboxylic acids is 1. The molecular weight excluding hydrogens is 445 g/mol. The van der Waals surface area contributed by atoms with Crippen molar-refractivity contribution >= 4 is 29.1 Å². The Kier molecular flexibility index (Phi) is 8.12. The maximum Gasteiger partial charge on any atom is 0.253 e. The van der Waals surface area contributed by atoms with Crippen LogP contribution in [0.25, 0.3) is 0 Å². The summed E-state index contributed by atoms with van der Waals surface area (Å²) >= 11 is 12.6. The Morgan fingerprint density at radius 1 is 1.09 bits per heavy atom. The first-order valence-electron chi connectivity index (χ1n) is 11.6. The van der Waals surface area contributed by atoms with Crippen molar-refractivity contribution in [2.75, 3.05) is 26.3 Å². The van der Waals surface area contributed by atoms with Gasteiger partial charge < -0.3 is 14.4 Å². The first-order valence-corrected chi connectivity index (χ1v) is 12.4. The molecule has 0 aromatic heterocycles. The molecule has 2 fully saturated rings. The Morgan fingerprint density at radius 2 is 1.94 bits per heavy atom. The van der Waals surface area contributed by atoms with Gasteiger partial charge in [0, 0.05) is 37.3 Å². The molecule has 2 atom stereocenters. The molecule has 4 nitrogen and oxygen atoms in total. The van der Waals surface area contributed by atoms with Crippen LogP contribution in [0.1, 0.15) is 60.9 Å². The van der Waals surface area contributed by atoms with Crippen LogP contribution >= 0.6 is 23.2 Å². The van der Waals surface area contributed by atoms with E-state index in [1.54, 1.807) is 0 Å². The van der Waals surface area contributed by atoms with Gasteiger partial charge in [0.05, 0.1) is 10.0 Å². The lowest BCUT2D eigenvalue weighted by Gasteiger charge is -2.44. The predicted molar refractivity (Wildman–Crippen MR) is 128 cm³/mol. The summed E-state index contributed by atoms with van der Waals surface area (Å²) in [4.78, 5) is 15.2. The molecule has 1 amide bonds. The normalized spacial score (nSPS) is 23.8. The van der Waals surface area contributed by atoms with Crippen LogP contribution in [0.15, 0.2) is 48.5 Å². The first-order chi connectivity index (χ1) is 15.6. The minimum atomic E-state index is -0.173. The quantitative estimate of drug-likeness (QED) is 0.429. The number of likely N-dealkylation sites (tertiary alicyclic amines) is 1. The highest BCUT2D eigenvalue weighted by Gasteiger charge is 2.38. The molecule has 2 aromatic rings. The van der Waals surface area contributed by atoms with E-state index in [0.29, 0.717) is 23.2 Å².